The molecule has 1 fully saturated rings. The molecule has 1 aliphatic rings. The first-order valence-corrected chi connectivity index (χ1v) is 12.1. The zero-order chi connectivity index (χ0) is 22.2. The molecule has 4 rings (SSSR count). The van der Waals surface area contributed by atoms with Gasteiger partial charge in [0.1, 0.15) is 11.6 Å². The van der Waals surface area contributed by atoms with E-state index in [1.165, 1.54) is 0 Å². The Balaban J connectivity index is 1.64. The van der Waals surface area contributed by atoms with Crippen molar-refractivity contribution in [1.29, 1.82) is 0 Å². The molecule has 3 aromatic rings. The molecule has 0 radical (unpaired) electrons. The summed E-state index contributed by atoms with van der Waals surface area (Å²) < 4.78 is 52.7. The minimum atomic E-state index is -3.58. The molecule has 0 N–H and O–H groups in total. The molecule has 162 valence electrons. The van der Waals surface area contributed by atoms with Crippen LogP contribution in [0.4, 0.5) is 8.78 Å². The van der Waals surface area contributed by atoms with Gasteiger partial charge >= 0.3 is 0 Å². The third kappa shape index (κ3) is 4.79. The second kappa shape index (κ2) is 8.65. The van der Waals surface area contributed by atoms with Crippen molar-refractivity contribution in [3.8, 4) is 0 Å². The number of benzene rings is 2. The number of pyridine rings is 1. The fourth-order valence-corrected chi connectivity index (χ4v) is 5.99. The maximum Gasteiger partial charge on any atom is 0.154 e. The van der Waals surface area contributed by atoms with Crippen molar-refractivity contribution in [1.82, 2.24) is 9.88 Å². The van der Waals surface area contributed by atoms with Gasteiger partial charge in [0.2, 0.25) is 0 Å². The molecule has 0 saturated carbocycles. The molecule has 31 heavy (non-hydrogen) atoms. The highest BCUT2D eigenvalue weighted by molar-refractivity contribution is 7.90. The Hall–Kier alpha value is -2.35. The molecule has 1 aliphatic heterocycles. The molecule has 1 saturated heterocycles. The third-order valence-corrected chi connectivity index (χ3v) is 7.45. The summed E-state index contributed by atoms with van der Waals surface area (Å²) >= 11 is 6.05. The number of likely N-dealkylation sites (tertiary alicyclic amines) is 1. The maximum absolute atomic E-state index is 13.8. The predicted octanol–water partition coefficient (Wildman–Crippen LogP) is 4.82. The van der Waals surface area contributed by atoms with Gasteiger partial charge in [-0.05, 0) is 53.1 Å². The average Bonchev–Trinajstić information content (AvgIpc) is 2.66. The molecule has 0 bridgehead atoms. The predicted molar refractivity (Wildman–Crippen MR) is 117 cm³/mol. The van der Waals surface area contributed by atoms with Gasteiger partial charge in [0.25, 0.3) is 0 Å². The lowest BCUT2D eigenvalue weighted by molar-refractivity contribution is 0.0654. The first-order valence-electron chi connectivity index (χ1n) is 9.76. The van der Waals surface area contributed by atoms with Gasteiger partial charge in [-0.2, -0.15) is 0 Å². The van der Waals surface area contributed by atoms with E-state index in [4.69, 9.17) is 11.6 Å². The first kappa shape index (κ1) is 21.9. The van der Waals surface area contributed by atoms with E-state index in [2.05, 4.69) is 9.88 Å². The van der Waals surface area contributed by atoms with E-state index in [0.717, 1.165) is 35.6 Å². The van der Waals surface area contributed by atoms with Crippen LogP contribution in [0.25, 0.3) is 0 Å². The maximum atomic E-state index is 13.8. The summed E-state index contributed by atoms with van der Waals surface area (Å²) in [5, 5.41) is -0.346. The molecule has 1 unspecified atom stereocenters. The summed E-state index contributed by atoms with van der Waals surface area (Å²) in [4.78, 5) is 6.23. The summed E-state index contributed by atoms with van der Waals surface area (Å²) in [6.07, 6.45) is 4.54. The number of nitrogens with zero attached hydrogens (tertiary/aromatic N) is 2. The molecule has 1 aromatic heterocycles. The van der Waals surface area contributed by atoms with E-state index >= 15 is 0 Å². The third-order valence-electron chi connectivity index (χ3n) is 5.61. The van der Waals surface area contributed by atoms with E-state index in [0.29, 0.717) is 18.1 Å². The minimum Gasteiger partial charge on any atom is -0.292 e. The van der Waals surface area contributed by atoms with Crippen LogP contribution in [0.15, 0.2) is 67.0 Å². The van der Waals surface area contributed by atoms with Crippen molar-refractivity contribution in [3.63, 3.8) is 0 Å². The Kier molecular flexibility index (Phi) is 6.10. The monoisotopic (exact) mass is 462 g/mol. The molecular formula is C23H21ClF2N2O2S. The molecule has 2 heterocycles. The van der Waals surface area contributed by atoms with Crippen LogP contribution in [0.1, 0.15) is 28.0 Å². The zero-order valence-electron chi connectivity index (χ0n) is 16.8. The van der Waals surface area contributed by atoms with E-state index in [1.807, 2.05) is 36.4 Å². The summed E-state index contributed by atoms with van der Waals surface area (Å²) in [6.45, 7) is 0.928. The van der Waals surface area contributed by atoms with Crippen LogP contribution in [0.3, 0.4) is 0 Å². The van der Waals surface area contributed by atoms with E-state index < -0.39 is 26.7 Å². The highest BCUT2D eigenvalue weighted by Crippen LogP contribution is 2.42. The summed E-state index contributed by atoms with van der Waals surface area (Å²) in [7, 11) is -3.58. The first-order chi connectivity index (χ1) is 14.7. The van der Waals surface area contributed by atoms with Gasteiger partial charge in [-0.15, -0.1) is 0 Å². The quantitative estimate of drug-likeness (QED) is 0.527. The van der Waals surface area contributed by atoms with Crippen LogP contribution in [0.5, 0.6) is 0 Å². The Labute approximate surface area is 185 Å². The molecule has 4 nitrogen and oxygen atoms in total. The zero-order valence-corrected chi connectivity index (χ0v) is 18.3. The highest BCUT2D eigenvalue weighted by Gasteiger charge is 2.43. The second-order valence-corrected chi connectivity index (χ2v) is 10.5. The van der Waals surface area contributed by atoms with Crippen LogP contribution < -0.4 is 0 Å². The van der Waals surface area contributed by atoms with Crippen LogP contribution in [-0.4, -0.2) is 37.6 Å². The topological polar surface area (TPSA) is 50.3 Å². The molecule has 2 aromatic carbocycles. The normalized spacial score (nSPS) is 17.2. The Morgan fingerprint density at radius 3 is 2.03 bits per heavy atom. The number of sulfone groups is 1. The fourth-order valence-electron chi connectivity index (χ4n) is 4.36. The van der Waals surface area contributed by atoms with E-state index in [1.54, 1.807) is 12.4 Å². The van der Waals surface area contributed by atoms with Crippen LogP contribution in [0.2, 0.25) is 5.02 Å². The van der Waals surface area contributed by atoms with E-state index in [9.17, 15) is 17.2 Å². The Morgan fingerprint density at radius 2 is 1.48 bits per heavy atom. The minimum absolute atomic E-state index is 0.110. The Morgan fingerprint density at radius 1 is 0.935 bits per heavy atom. The van der Waals surface area contributed by atoms with Gasteiger partial charge in [-0.25, -0.2) is 17.2 Å². The summed E-state index contributed by atoms with van der Waals surface area (Å²) in [6, 6.07) is 14.2. The van der Waals surface area contributed by atoms with Gasteiger partial charge in [0, 0.05) is 48.7 Å². The molecule has 8 heteroatoms. The van der Waals surface area contributed by atoms with Crippen LogP contribution in [0, 0.1) is 17.6 Å². The van der Waals surface area contributed by atoms with Crippen molar-refractivity contribution in [3.05, 3.63) is 100 Å². The van der Waals surface area contributed by atoms with Crippen molar-refractivity contribution in [2.45, 2.75) is 11.3 Å². The fraction of sp³-hybridized carbons (Fsp3) is 0.261. The SMILES string of the molecule is CS(=O)(=O)C(c1cc(F)cc(F)c1)C1CN([C@@H](c2ccncc2)c2ccc(Cl)cc2)C1. The lowest BCUT2D eigenvalue weighted by atomic mass is 9.86. The lowest BCUT2D eigenvalue weighted by Crippen LogP contribution is -2.52. The summed E-state index contributed by atoms with van der Waals surface area (Å²) in [5.74, 6) is -1.85. The highest BCUT2D eigenvalue weighted by atomic mass is 35.5. The molecule has 2 atom stereocenters. The molecule has 0 spiro atoms. The number of rotatable bonds is 6. The second-order valence-electron chi connectivity index (χ2n) is 7.90. The Bertz CT molecular complexity index is 1150. The van der Waals surface area contributed by atoms with Gasteiger partial charge in [0.15, 0.2) is 9.84 Å². The molecule has 0 aliphatic carbocycles. The van der Waals surface area contributed by atoms with Gasteiger partial charge in [-0.1, -0.05) is 23.7 Å². The van der Waals surface area contributed by atoms with Crippen molar-refractivity contribution in [2.75, 3.05) is 19.3 Å². The number of hydrogen-bond donors (Lipinski definition) is 0. The van der Waals surface area contributed by atoms with Gasteiger partial charge in [-0.3, -0.25) is 9.88 Å². The van der Waals surface area contributed by atoms with Gasteiger partial charge in [0.05, 0.1) is 11.3 Å². The van der Waals surface area contributed by atoms with Crippen molar-refractivity contribution >= 4 is 21.4 Å². The standard InChI is InChI=1S/C23H21ClF2N2O2S/c1-31(29,30)23(17-10-20(25)12-21(26)11-17)18-13-28(14-18)22(16-6-8-27-9-7-16)15-2-4-19(24)5-3-15/h2-12,18,22-23H,13-14H2,1H3/t22-,23?/m1/s1. The number of halogens is 3. The smallest absolute Gasteiger partial charge is 0.154 e. The molecular weight excluding hydrogens is 442 g/mol. The number of hydrogen-bond acceptors (Lipinski definition) is 4. The number of aromatic nitrogens is 1. The average molecular weight is 463 g/mol. The van der Waals surface area contributed by atoms with Crippen LogP contribution in [-0.2, 0) is 9.84 Å². The molecule has 0 amide bonds. The largest absolute Gasteiger partial charge is 0.292 e. The van der Waals surface area contributed by atoms with Crippen molar-refractivity contribution < 1.29 is 17.2 Å². The van der Waals surface area contributed by atoms with E-state index in [-0.39, 0.29) is 17.5 Å². The summed E-state index contributed by atoms with van der Waals surface area (Å²) in [5.41, 5.74) is 2.18. The van der Waals surface area contributed by atoms with Crippen LogP contribution >= 0.6 is 11.6 Å². The van der Waals surface area contributed by atoms with Gasteiger partial charge < -0.3 is 0 Å². The lowest BCUT2D eigenvalue weighted by Gasteiger charge is -2.47. The van der Waals surface area contributed by atoms with Crippen molar-refractivity contribution in [2.24, 2.45) is 5.92 Å².